The minimum Gasteiger partial charge on any atom is -0.396 e. The maximum Gasteiger partial charge on any atom is 0.319 e. The summed E-state index contributed by atoms with van der Waals surface area (Å²) in [7, 11) is 0. The molecule has 0 bridgehead atoms. The maximum absolute atomic E-state index is 13.3. The molecule has 19 heavy (non-hydrogen) atoms. The highest BCUT2D eigenvalue weighted by Gasteiger charge is 2.18. The maximum atomic E-state index is 13.3. The standard InChI is InChI=1S/C13H18F2N2O2/c1-13(2,5-6-18)8-16-12(19)17-11-7-9(14)3-4-10(11)15/h3-4,7,18H,5-6,8H2,1-2H3,(H2,16,17,19). The van der Waals surface area contributed by atoms with Gasteiger partial charge in [0, 0.05) is 19.2 Å². The number of amides is 2. The first-order valence-corrected chi connectivity index (χ1v) is 5.95. The molecule has 0 aromatic heterocycles. The normalized spacial score (nSPS) is 11.2. The first-order chi connectivity index (χ1) is 8.84. The molecule has 0 fully saturated rings. The summed E-state index contributed by atoms with van der Waals surface area (Å²) in [6.45, 7) is 4.10. The second-order valence-electron chi connectivity index (χ2n) is 5.07. The number of halogens is 2. The van der Waals surface area contributed by atoms with Crippen LogP contribution in [0.4, 0.5) is 19.3 Å². The lowest BCUT2D eigenvalue weighted by atomic mass is 9.90. The Morgan fingerprint density at radius 3 is 2.68 bits per heavy atom. The van der Waals surface area contributed by atoms with Crippen LogP contribution >= 0.6 is 0 Å². The van der Waals surface area contributed by atoms with Crippen molar-refractivity contribution in [3.8, 4) is 0 Å². The number of carbonyl (C=O) groups excluding carboxylic acids is 1. The van der Waals surface area contributed by atoms with Crippen LogP contribution in [0.15, 0.2) is 18.2 Å². The van der Waals surface area contributed by atoms with Gasteiger partial charge in [-0.15, -0.1) is 0 Å². The van der Waals surface area contributed by atoms with Crippen LogP contribution in [0.25, 0.3) is 0 Å². The molecule has 0 aliphatic carbocycles. The number of benzene rings is 1. The molecule has 0 aliphatic heterocycles. The van der Waals surface area contributed by atoms with Gasteiger partial charge in [-0.25, -0.2) is 13.6 Å². The highest BCUT2D eigenvalue weighted by Crippen LogP contribution is 2.18. The molecule has 0 saturated carbocycles. The van der Waals surface area contributed by atoms with Crippen LogP contribution in [-0.2, 0) is 0 Å². The fourth-order valence-corrected chi connectivity index (χ4v) is 1.47. The third-order valence-corrected chi connectivity index (χ3v) is 2.69. The number of aliphatic hydroxyl groups is 1. The Labute approximate surface area is 110 Å². The summed E-state index contributed by atoms with van der Waals surface area (Å²) < 4.78 is 26.2. The number of rotatable bonds is 5. The zero-order valence-corrected chi connectivity index (χ0v) is 11.0. The lowest BCUT2D eigenvalue weighted by molar-refractivity contribution is 0.204. The van der Waals surface area contributed by atoms with Crippen LogP contribution in [0.2, 0.25) is 0 Å². The molecule has 1 aromatic rings. The molecule has 0 radical (unpaired) electrons. The average molecular weight is 272 g/mol. The van der Waals surface area contributed by atoms with Gasteiger partial charge in [0.2, 0.25) is 0 Å². The first-order valence-electron chi connectivity index (χ1n) is 5.95. The third kappa shape index (κ3) is 5.21. The van der Waals surface area contributed by atoms with E-state index in [0.29, 0.717) is 13.0 Å². The van der Waals surface area contributed by atoms with Crippen molar-refractivity contribution in [2.24, 2.45) is 5.41 Å². The van der Waals surface area contributed by atoms with E-state index in [0.717, 1.165) is 18.2 Å². The zero-order valence-electron chi connectivity index (χ0n) is 11.0. The van der Waals surface area contributed by atoms with Gasteiger partial charge in [-0.1, -0.05) is 13.8 Å². The highest BCUT2D eigenvalue weighted by atomic mass is 19.1. The SMILES string of the molecule is CC(C)(CCO)CNC(=O)Nc1cc(F)ccc1F. The van der Waals surface area contributed by atoms with Crippen molar-refractivity contribution in [1.82, 2.24) is 5.32 Å². The van der Waals surface area contributed by atoms with Crippen molar-refractivity contribution in [1.29, 1.82) is 0 Å². The van der Waals surface area contributed by atoms with Gasteiger partial charge >= 0.3 is 6.03 Å². The van der Waals surface area contributed by atoms with E-state index < -0.39 is 17.7 Å². The van der Waals surface area contributed by atoms with E-state index in [1.54, 1.807) is 0 Å². The largest absolute Gasteiger partial charge is 0.396 e. The monoisotopic (exact) mass is 272 g/mol. The van der Waals surface area contributed by atoms with Crippen molar-refractivity contribution < 1.29 is 18.7 Å². The molecule has 2 amide bonds. The number of aliphatic hydroxyl groups excluding tert-OH is 1. The Hall–Kier alpha value is -1.69. The second kappa shape index (κ2) is 6.47. The lowest BCUT2D eigenvalue weighted by Gasteiger charge is -2.23. The summed E-state index contributed by atoms with van der Waals surface area (Å²) >= 11 is 0. The summed E-state index contributed by atoms with van der Waals surface area (Å²) in [6.07, 6.45) is 0.529. The van der Waals surface area contributed by atoms with Gasteiger partial charge in [-0.05, 0) is 24.0 Å². The smallest absolute Gasteiger partial charge is 0.319 e. The van der Waals surface area contributed by atoms with Gasteiger partial charge in [-0.2, -0.15) is 0 Å². The molecule has 4 nitrogen and oxygen atoms in total. The lowest BCUT2D eigenvalue weighted by Crippen LogP contribution is -2.37. The Morgan fingerprint density at radius 2 is 2.05 bits per heavy atom. The van der Waals surface area contributed by atoms with Crippen LogP contribution in [0.5, 0.6) is 0 Å². The summed E-state index contributed by atoms with van der Waals surface area (Å²) in [6, 6.07) is 2.22. The van der Waals surface area contributed by atoms with E-state index in [1.807, 2.05) is 13.8 Å². The van der Waals surface area contributed by atoms with Crippen molar-refractivity contribution in [3.05, 3.63) is 29.8 Å². The van der Waals surface area contributed by atoms with E-state index in [-0.39, 0.29) is 17.7 Å². The Kier molecular flexibility index (Phi) is 5.23. The number of urea groups is 1. The van der Waals surface area contributed by atoms with E-state index >= 15 is 0 Å². The van der Waals surface area contributed by atoms with Crippen LogP contribution in [0, 0.1) is 17.0 Å². The molecule has 1 rings (SSSR count). The number of nitrogens with one attached hydrogen (secondary N) is 2. The van der Waals surface area contributed by atoms with E-state index in [4.69, 9.17) is 5.11 Å². The van der Waals surface area contributed by atoms with Gasteiger partial charge in [0.1, 0.15) is 11.6 Å². The van der Waals surface area contributed by atoms with E-state index in [1.165, 1.54) is 0 Å². The van der Waals surface area contributed by atoms with Crippen molar-refractivity contribution >= 4 is 11.7 Å². The molecular weight excluding hydrogens is 254 g/mol. The Balaban J connectivity index is 2.54. The molecule has 0 aliphatic rings. The fourth-order valence-electron chi connectivity index (χ4n) is 1.47. The van der Waals surface area contributed by atoms with Gasteiger partial charge in [0.05, 0.1) is 5.69 Å². The van der Waals surface area contributed by atoms with Crippen molar-refractivity contribution in [2.45, 2.75) is 20.3 Å². The highest BCUT2D eigenvalue weighted by molar-refractivity contribution is 5.89. The molecule has 3 N–H and O–H groups in total. The summed E-state index contributed by atoms with van der Waals surface area (Å²) in [5, 5.41) is 13.6. The number of hydrogen-bond donors (Lipinski definition) is 3. The van der Waals surface area contributed by atoms with Crippen LogP contribution in [-0.4, -0.2) is 24.3 Å². The van der Waals surface area contributed by atoms with Crippen LogP contribution < -0.4 is 10.6 Å². The first kappa shape index (κ1) is 15.4. The number of hydrogen-bond acceptors (Lipinski definition) is 2. The molecule has 1 aromatic carbocycles. The third-order valence-electron chi connectivity index (χ3n) is 2.69. The quantitative estimate of drug-likeness (QED) is 0.771. The molecule has 0 heterocycles. The van der Waals surface area contributed by atoms with Gasteiger partial charge in [0.15, 0.2) is 0 Å². The second-order valence-corrected chi connectivity index (χ2v) is 5.07. The molecule has 0 atom stereocenters. The molecule has 6 heteroatoms. The van der Waals surface area contributed by atoms with Gasteiger partial charge in [-0.3, -0.25) is 0 Å². The number of carbonyl (C=O) groups is 1. The van der Waals surface area contributed by atoms with Crippen molar-refractivity contribution in [2.75, 3.05) is 18.5 Å². The van der Waals surface area contributed by atoms with E-state index in [9.17, 15) is 13.6 Å². The minimum absolute atomic E-state index is 0.0226. The summed E-state index contributed by atoms with van der Waals surface area (Å²) in [4.78, 5) is 11.6. The fraction of sp³-hybridized carbons (Fsp3) is 0.462. The molecule has 0 unspecified atom stereocenters. The predicted octanol–water partition coefficient (Wildman–Crippen LogP) is 2.49. The summed E-state index contributed by atoms with van der Waals surface area (Å²) in [5.41, 5.74) is -0.482. The summed E-state index contributed by atoms with van der Waals surface area (Å²) in [5.74, 6) is -1.33. The molecule has 106 valence electrons. The average Bonchev–Trinajstić information content (AvgIpc) is 2.31. The zero-order chi connectivity index (χ0) is 14.5. The Bertz CT molecular complexity index is 450. The minimum atomic E-state index is -0.703. The van der Waals surface area contributed by atoms with Crippen LogP contribution in [0.3, 0.4) is 0 Å². The Morgan fingerprint density at radius 1 is 1.37 bits per heavy atom. The van der Waals surface area contributed by atoms with Crippen LogP contribution in [0.1, 0.15) is 20.3 Å². The van der Waals surface area contributed by atoms with E-state index in [2.05, 4.69) is 10.6 Å². The predicted molar refractivity (Wildman–Crippen MR) is 68.9 cm³/mol. The molecular formula is C13H18F2N2O2. The van der Waals surface area contributed by atoms with Crippen molar-refractivity contribution in [3.63, 3.8) is 0 Å². The van der Waals surface area contributed by atoms with Gasteiger partial charge < -0.3 is 15.7 Å². The van der Waals surface area contributed by atoms with Gasteiger partial charge in [0.25, 0.3) is 0 Å². The number of anilines is 1. The molecule has 0 saturated heterocycles. The molecule has 0 spiro atoms. The topological polar surface area (TPSA) is 61.4 Å².